The van der Waals surface area contributed by atoms with Gasteiger partial charge in [0.2, 0.25) is 0 Å². The fraction of sp³-hybridized carbons (Fsp3) is 0.667. The Morgan fingerprint density at radius 2 is 2.15 bits per heavy atom. The van der Waals surface area contributed by atoms with Crippen LogP contribution in [0.25, 0.3) is 0 Å². The van der Waals surface area contributed by atoms with Crippen molar-refractivity contribution in [3.05, 3.63) is 29.0 Å². The lowest BCUT2D eigenvalue weighted by Crippen LogP contribution is -2.43. The third-order valence-corrected chi connectivity index (χ3v) is 4.25. The lowest BCUT2D eigenvalue weighted by molar-refractivity contribution is 0.117. The van der Waals surface area contributed by atoms with Crippen LogP contribution in [0.4, 0.5) is 0 Å². The fourth-order valence-corrected chi connectivity index (χ4v) is 2.86. The summed E-state index contributed by atoms with van der Waals surface area (Å²) in [5.74, 6) is 0. The quantitative estimate of drug-likeness (QED) is 0.872. The first kappa shape index (κ1) is 15.7. The van der Waals surface area contributed by atoms with Crippen LogP contribution in [0.15, 0.2) is 18.3 Å². The van der Waals surface area contributed by atoms with E-state index in [4.69, 9.17) is 16.7 Å². The van der Waals surface area contributed by atoms with Gasteiger partial charge in [0.25, 0.3) is 0 Å². The van der Waals surface area contributed by atoms with Crippen LogP contribution in [0.3, 0.4) is 0 Å². The van der Waals surface area contributed by atoms with Crippen molar-refractivity contribution in [2.24, 2.45) is 0 Å². The number of aliphatic hydroxyl groups is 1. The lowest BCUT2D eigenvalue weighted by Gasteiger charge is -2.36. The number of hydrogen-bond acceptors (Lipinski definition) is 4. The van der Waals surface area contributed by atoms with Crippen LogP contribution in [0.5, 0.6) is 0 Å². The molecule has 0 bridgehead atoms. The van der Waals surface area contributed by atoms with Crippen molar-refractivity contribution in [1.29, 1.82) is 0 Å². The van der Waals surface area contributed by atoms with Gasteiger partial charge in [0.15, 0.2) is 0 Å². The highest BCUT2D eigenvalue weighted by Crippen LogP contribution is 2.17. The van der Waals surface area contributed by atoms with Gasteiger partial charge >= 0.3 is 0 Å². The number of likely N-dealkylation sites (tertiary alicyclic amines) is 1. The SMILES string of the molecule is CN(CCCO)C1CCN(Cc2ccc(Cl)cn2)CC1. The minimum absolute atomic E-state index is 0.283. The molecule has 2 rings (SSSR count). The molecule has 0 aromatic carbocycles. The van der Waals surface area contributed by atoms with E-state index in [9.17, 15) is 0 Å². The van der Waals surface area contributed by atoms with Crippen molar-refractivity contribution in [3.63, 3.8) is 0 Å². The third kappa shape index (κ3) is 4.70. The molecule has 1 aromatic heterocycles. The van der Waals surface area contributed by atoms with E-state index in [-0.39, 0.29) is 6.61 Å². The second-order valence-corrected chi connectivity index (χ2v) is 5.97. The zero-order valence-electron chi connectivity index (χ0n) is 12.1. The Morgan fingerprint density at radius 3 is 2.75 bits per heavy atom. The normalized spacial score (nSPS) is 17.8. The summed E-state index contributed by atoms with van der Waals surface area (Å²) in [5, 5.41) is 9.58. The van der Waals surface area contributed by atoms with E-state index in [1.54, 1.807) is 6.20 Å². The number of piperidine rings is 1. The summed E-state index contributed by atoms with van der Waals surface area (Å²) in [5.41, 5.74) is 1.08. The molecule has 1 aliphatic heterocycles. The first-order valence-corrected chi connectivity index (χ1v) is 7.70. The van der Waals surface area contributed by atoms with E-state index in [1.165, 1.54) is 12.8 Å². The van der Waals surface area contributed by atoms with E-state index in [1.807, 2.05) is 12.1 Å². The summed E-state index contributed by atoms with van der Waals surface area (Å²) in [6.07, 6.45) is 4.96. The smallest absolute Gasteiger partial charge is 0.0589 e. The molecular formula is C15H24ClN3O. The maximum atomic E-state index is 8.89. The second kappa shape index (κ2) is 7.93. The van der Waals surface area contributed by atoms with Crippen molar-refractivity contribution in [3.8, 4) is 0 Å². The summed E-state index contributed by atoms with van der Waals surface area (Å²) in [6, 6.07) is 4.55. The van der Waals surface area contributed by atoms with Gasteiger partial charge in [-0.1, -0.05) is 11.6 Å². The molecule has 0 saturated carbocycles. The highest BCUT2D eigenvalue weighted by atomic mass is 35.5. The van der Waals surface area contributed by atoms with E-state index in [2.05, 4.69) is 21.8 Å². The van der Waals surface area contributed by atoms with Crippen molar-refractivity contribution >= 4 is 11.6 Å². The van der Waals surface area contributed by atoms with E-state index < -0.39 is 0 Å². The summed E-state index contributed by atoms with van der Waals surface area (Å²) >= 11 is 5.85. The first-order chi connectivity index (χ1) is 9.69. The van der Waals surface area contributed by atoms with Gasteiger partial charge in [0.05, 0.1) is 10.7 Å². The van der Waals surface area contributed by atoms with Crippen LogP contribution in [-0.4, -0.2) is 59.2 Å². The number of aliphatic hydroxyl groups excluding tert-OH is 1. The molecule has 1 fully saturated rings. The maximum absolute atomic E-state index is 8.89. The molecule has 20 heavy (non-hydrogen) atoms. The minimum Gasteiger partial charge on any atom is -0.396 e. The molecule has 5 heteroatoms. The Labute approximate surface area is 126 Å². The number of nitrogens with zero attached hydrogens (tertiary/aromatic N) is 3. The molecule has 4 nitrogen and oxygen atoms in total. The van der Waals surface area contributed by atoms with Gasteiger partial charge in [-0.05, 0) is 38.4 Å². The monoisotopic (exact) mass is 297 g/mol. The molecule has 1 aliphatic rings. The molecule has 0 aliphatic carbocycles. The van der Waals surface area contributed by atoms with Crippen LogP contribution >= 0.6 is 11.6 Å². The Balaban J connectivity index is 1.75. The van der Waals surface area contributed by atoms with E-state index in [0.29, 0.717) is 11.1 Å². The Hall–Kier alpha value is -0.680. The predicted molar refractivity (Wildman–Crippen MR) is 81.9 cm³/mol. The van der Waals surface area contributed by atoms with Crippen molar-refractivity contribution in [2.75, 3.05) is 33.3 Å². The van der Waals surface area contributed by atoms with Crippen LogP contribution in [-0.2, 0) is 6.54 Å². The van der Waals surface area contributed by atoms with Crippen LogP contribution in [0, 0.1) is 0 Å². The predicted octanol–water partition coefficient (Wildman–Crippen LogP) is 2.01. The van der Waals surface area contributed by atoms with Crippen LogP contribution < -0.4 is 0 Å². The molecule has 0 amide bonds. The molecule has 1 aromatic rings. The fourth-order valence-electron chi connectivity index (χ4n) is 2.75. The van der Waals surface area contributed by atoms with Crippen LogP contribution in [0.2, 0.25) is 5.02 Å². The highest BCUT2D eigenvalue weighted by molar-refractivity contribution is 6.30. The van der Waals surface area contributed by atoms with Gasteiger partial charge in [-0.25, -0.2) is 0 Å². The molecule has 0 atom stereocenters. The Bertz CT molecular complexity index is 391. The Kier molecular flexibility index (Phi) is 6.23. The van der Waals surface area contributed by atoms with Gasteiger partial charge < -0.3 is 10.0 Å². The second-order valence-electron chi connectivity index (χ2n) is 5.53. The lowest BCUT2D eigenvalue weighted by atomic mass is 10.0. The minimum atomic E-state index is 0.283. The molecule has 1 saturated heterocycles. The molecule has 0 unspecified atom stereocenters. The number of aromatic nitrogens is 1. The summed E-state index contributed by atoms with van der Waals surface area (Å²) in [7, 11) is 2.16. The van der Waals surface area contributed by atoms with Crippen LogP contribution in [0.1, 0.15) is 25.0 Å². The van der Waals surface area contributed by atoms with Gasteiger partial charge in [-0.3, -0.25) is 9.88 Å². The zero-order valence-corrected chi connectivity index (χ0v) is 12.9. The zero-order chi connectivity index (χ0) is 14.4. The number of hydrogen-bond donors (Lipinski definition) is 1. The van der Waals surface area contributed by atoms with E-state index >= 15 is 0 Å². The molecule has 0 radical (unpaired) electrons. The van der Waals surface area contributed by atoms with E-state index in [0.717, 1.165) is 38.3 Å². The van der Waals surface area contributed by atoms with Crippen molar-refractivity contribution < 1.29 is 5.11 Å². The van der Waals surface area contributed by atoms with Gasteiger partial charge in [-0.15, -0.1) is 0 Å². The average molecular weight is 298 g/mol. The first-order valence-electron chi connectivity index (χ1n) is 7.33. The van der Waals surface area contributed by atoms with Gasteiger partial charge in [0.1, 0.15) is 0 Å². The summed E-state index contributed by atoms with van der Waals surface area (Å²) in [4.78, 5) is 9.19. The number of rotatable bonds is 6. The summed E-state index contributed by atoms with van der Waals surface area (Å²) < 4.78 is 0. The highest BCUT2D eigenvalue weighted by Gasteiger charge is 2.22. The standard InChI is InChI=1S/C15H24ClN3O/c1-18(7-2-10-20)15-5-8-19(9-6-15)12-14-4-3-13(16)11-17-14/h3-4,11,15,20H,2,5-10,12H2,1H3. The number of pyridine rings is 1. The van der Waals surface area contributed by atoms with Gasteiger partial charge in [-0.2, -0.15) is 0 Å². The van der Waals surface area contributed by atoms with Crippen molar-refractivity contribution in [1.82, 2.24) is 14.8 Å². The van der Waals surface area contributed by atoms with Gasteiger partial charge in [0, 0.05) is 45.0 Å². The molecule has 112 valence electrons. The number of halogens is 1. The molecular weight excluding hydrogens is 274 g/mol. The Morgan fingerprint density at radius 1 is 1.40 bits per heavy atom. The summed E-state index contributed by atoms with van der Waals surface area (Å²) in [6.45, 7) is 4.40. The maximum Gasteiger partial charge on any atom is 0.0589 e. The molecule has 1 N–H and O–H groups in total. The largest absolute Gasteiger partial charge is 0.396 e. The van der Waals surface area contributed by atoms with Crippen molar-refractivity contribution in [2.45, 2.75) is 31.8 Å². The topological polar surface area (TPSA) is 39.6 Å². The molecule has 0 spiro atoms. The molecule has 2 heterocycles. The average Bonchev–Trinajstić information content (AvgIpc) is 2.48. The third-order valence-electron chi connectivity index (χ3n) is 4.02.